The second kappa shape index (κ2) is 21.7. The van der Waals surface area contributed by atoms with Gasteiger partial charge in [0.2, 0.25) is 0 Å². The van der Waals surface area contributed by atoms with Gasteiger partial charge in [0.1, 0.15) is 36.5 Å². The average molecular weight is 1040 g/mol. The molecule has 68 heavy (non-hydrogen) atoms. The number of hydrogen-bond donors (Lipinski definition) is 2. The second-order valence-corrected chi connectivity index (χ2v) is 17.9. The molecule has 0 bridgehead atoms. The number of anilines is 4. The van der Waals surface area contributed by atoms with Crippen LogP contribution in [0.25, 0.3) is 21.8 Å². The van der Waals surface area contributed by atoms with E-state index in [9.17, 15) is 22.9 Å². The van der Waals surface area contributed by atoms with Gasteiger partial charge in [-0.05, 0) is 36.4 Å². The third-order valence-electron chi connectivity index (χ3n) is 11.2. The Hall–Kier alpha value is -5.66. The average Bonchev–Trinajstić information content (AvgIpc) is 3.35. The molecule has 2 fully saturated rings. The lowest BCUT2D eigenvalue weighted by molar-refractivity contribution is -0.135. The van der Waals surface area contributed by atoms with Crippen LogP contribution in [0.1, 0.15) is 25.7 Å². The number of amides is 2. The normalized spacial score (nSPS) is 14.5. The number of rotatable bonds is 16. The van der Waals surface area contributed by atoms with Gasteiger partial charge in [0, 0.05) is 79.3 Å². The molecular formula is C44H40Cl4F2N8O9P+. The van der Waals surface area contributed by atoms with E-state index in [-0.39, 0.29) is 43.7 Å². The summed E-state index contributed by atoms with van der Waals surface area (Å²) in [5.41, 5.74) is 1.15. The first-order valence-electron chi connectivity index (χ1n) is 20.9. The maximum Gasteiger partial charge on any atom is 0.698 e. The van der Waals surface area contributed by atoms with Gasteiger partial charge in [0.05, 0.1) is 56.7 Å². The molecule has 0 aliphatic carbocycles. The highest BCUT2D eigenvalue weighted by molar-refractivity contribution is 7.33. The van der Waals surface area contributed by atoms with Gasteiger partial charge in [-0.1, -0.05) is 46.4 Å². The van der Waals surface area contributed by atoms with Crippen LogP contribution in [0.15, 0.2) is 61.2 Å². The van der Waals surface area contributed by atoms with Crippen LogP contribution in [0.5, 0.6) is 23.0 Å². The summed E-state index contributed by atoms with van der Waals surface area (Å²) >= 11 is 23.9. The summed E-state index contributed by atoms with van der Waals surface area (Å²) in [6.45, 7) is 0.276. The fourth-order valence-electron chi connectivity index (χ4n) is 7.57. The molecule has 0 spiro atoms. The minimum atomic E-state index is -2.78. The number of benzene rings is 4. The fourth-order valence-corrected chi connectivity index (χ4v) is 8.70. The largest absolute Gasteiger partial charge is 0.698 e. The Balaban J connectivity index is 0.778. The van der Waals surface area contributed by atoms with E-state index in [1.165, 1.54) is 51.1 Å². The van der Waals surface area contributed by atoms with E-state index in [4.69, 9.17) is 74.4 Å². The van der Waals surface area contributed by atoms with Crippen molar-refractivity contribution in [3.05, 3.63) is 92.9 Å². The van der Waals surface area contributed by atoms with Crippen molar-refractivity contribution < 1.29 is 50.9 Å². The molecule has 356 valence electrons. The van der Waals surface area contributed by atoms with Gasteiger partial charge < -0.3 is 39.4 Å². The smallest absolute Gasteiger partial charge is 0.493 e. The predicted octanol–water partition coefficient (Wildman–Crippen LogP) is 10.1. The van der Waals surface area contributed by atoms with E-state index in [2.05, 4.69) is 30.6 Å². The van der Waals surface area contributed by atoms with Crippen molar-refractivity contribution in [2.75, 3.05) is 64.2 Å². The van der Waals surface area contributed by atoms with Crippen LogP contribution in [0, 0.1) is 11.6 Å². The van der Waals surface area contributed by atoms with Crippen molar-refractivity contribution in [3.8, 4) is 23.0 Å². The standard InChI is InChI=1S/C44H40Cl4F2N8O9P/c1-62-33-17-31-25(43(53-21-51-31)55-29-5-3-27(45)39(47)41(29)49)15-35(33)66-23-7-11-57(12-8-23)37(59)19-64-68(61)65-20-38(60)58-13-9-24(10-14-58)67-36-16-26-32(18-34(36)63-2)52-22-54-44(26)56-30-6-4-28(46)40(48)42(30)50/h3-6,15-18,21-24H,7-14,19-20H2,1-2H3,(H,51,53,55)(H,52,54,56)/q+1. The first kappa shape index (κ1) is 48.8. The van der Waals surface area contributed by atoms with E-state index >= 15 is 0 Å². The highest BCUT2D eigenvalue weighted by Gasteiger charge is 2.32. The maximum absolute atomic E-state index is 14.9. The van der Waals surface area contributed by atoms with Crippen LogP contribution in [0.4, 0.5) is 31.8 Å². The molecule has 8 rings (SSSR count). The Labute approximate surface area is 408 Å². The molecule has 2 aromatic heterocycles. The lowest BCUT2D eigenvalue weighted by atomic mass is 10.1. The highest BCUT2D eigenvalue weighted by Crippen LogP contribution is 2.40. The third-order valence-corrected chi connectivity index (χ3v) is 13.4. The molecule has 0 radical (unpaired) electrons. The van der Waals surface area contributed by atoms with Crippen LogP contribution in [0.2, 0.25) is 20.1 Å². The number of nitrogens with zero attached hydrogens (tertiary/aromatic N) is 6. The zero-order valence-corrected chi connectivity index (χ0v) is 40.0. The highest BCUT2D eigenvalue weighted by atomic mass is 35.5. The monoisotopic (exact) mass is 1030 g/mol. The SMILES string of the molecule is COc1cc2ncnc(Nc3ccc(Cl)c(Cl)c3F)c2cc1OC1CCN(C(=O)CO[P+](=O)OCC(=O)N2CCC(Oc3cc4c(Nc5ccc(Cl)c(Cl)c5F)ncnc4cc3OC)CC2)CC1. The summed E-state index contributed by atoms with van der Waals surface area (Å²) in [6.07, 6.45) is 3.90. The minimum Gasteiger partial charge on any atom is -0.493 e. The van der Waals surface area contributed by atoms with Crippen molar-refractivity contribution in [1.82, 2.24) is 29.7 Å². The molecule has 2 amide bonds. The van der Waals surface area contributed by atoms with Gasteiger partial charge >= 0.3 is 8.25 Å². The molecule has 2 aliphatic heterocycles. The first-order chi connectivity index (χ1) is 32.8. The molecule has 2 saturated heterocycles. The Morgan fingerprint density at radius 3 is 1.41 bits per heavy atom. The number of halogens is 6. The van der Waals surface area contributed by atoms with E-state index < -0.39 is 44.9 Å². The molecule has 0 saturated carbocycles. The van der Waals surface area contributed by atoms with Gasteiger partial charge in [0.25, 0.3) is 11.8 Å². The second-order valence-electron chi connectivity index (χ2n) is 15.3. The minimum absolute atomic E-state index is 0.0645. The number of fused-ring (bicyclic) bond motifs is 2. The number of piperidine rings is 2. The van der Waals surface area contributed by atoms with E-state index in [1.54, 1.807) is 34.1 Å². The van der Waals surface area contributed by atoms with Gasteiger partial charge in [0.15, 0.2) is 47.8 Å². The van der Waals surface area contributed by atoms with Crippen LogP contribution in [-0.4, -0.2) is 107 Å². The number of carbonyl (C=O) groups excluding carboxylic acids is 2. The lowest BCUT2D eigenvalue weighted by Gasteiger charge is -2.32. The van der Waals surface area contributed by atoms with E-state index in [1.807, 2.05) is 0 Å². The van der Waals surface area contributed by atoms with Crippen molar-refractivity contribution in [1.29, 1.82) is 0 Å². The van der Waals surface area contributed by atoms with Crippen molar-refractivity contribution in [2.45, 2.75) is 37.9 Å². The van der Waals surface area contributed by atoms with Crippen LogP contribution in [0.3, 0.4) is 0 Å². The summed E-state index contributed by atoms with van der Waals surface area (Å²) < 4.78 is 76.6. The van der Waals surface area contributed by atoms with E-state index in [0.717, 1.165) is 0 Å². The van der Waals surface area contributed by atoms with Gasteiger partial charge in [-0.3, -0.25) is 9.59 Å². The Morgan fingerprint density at radius 2 is 1.03 bits per heavy atom. The number of nitrogens with one attached hydrogen (secondary N) is 2. The summed E-state index contributed by atoms with van der Waals surface area (Å²) in [4.78, 5) is 46.4. The van der Waals surface area contributed by atoms with Crippen LogP contribution < -0.4 is 29.6 Å². The number of aromatic nitrogens is 4. The number of ether oxygens (including phenoxy) is 4. The molecule has 4 aromatic carbocycles. The summed E-state index contributed by atoms with van der Waals surface area (Å²) in [5.74, 6) is -0.0755. The Kier molecular flexibility index (Phi) is 15.6. The molecular weight excluding hydrogens is 995 g/mol. The number of carbonyl (C=O) groups is 2. The summed E-state index contributed by atoms with van der Waals surface area (Å²) in [6, 6.07) is 12.6. The molecule has 0 atom stereocenters. The van der Waals surface area contributed by atoms with Crippen molar-refractivity contribution >= 4 is 111 Å². The molecule has 17 nitrogen and oxygen atoms in total. The van der Waals surface area contributed by atoms with Crippen LogP contribution in [-0.2, 0) is 23.2 Å². The van der Waals surface area contributed by atoms with Gasteiger partial charge in [-0.2, -0.15) is 0 Å². The molecule has 0 unspecified atom stereocenters. The first-order valence-corrected chi connectivity index (χ1v) is 23.5. The maximum atomic E-state index is 14.9. The Morgan fingerprint density at radius 1 is 0.632 bits per heavy atom. The number of methoxy groups -OCH3 is 2. The lowest BCUT2D eigenvalue weighted by Crippen LogP contribution is -2.43. The molecule has 6 aromatic rings. The molecule has 2 N–H and O–H groups in total. The van der Waals surface area contributed by atoms with Crippen LogP contribution >= 0.6 is 54.7 Å². The summed E-state index contributed by atoms with van der Waals surface area (Å²) in [7, 11) is 0.212. The molecule has 2 aliphatic rings. The molecule has 4 heterocycles. The zero-order valence-electron chi connectivity index (χ0n) is 36.1. The fraction of sp³-hybridized carbons (Fsp3) is 0.318. The topological polar surface area (TPSA) is 189 Å². The van der Waals surface area contributed by atoms with Gasteiger partial charge in [-0.15, -0.1) is 9.05 Å². The third kappa shape index (κ3) is 11.1. The number of likely N-dealkylation sites (tertiary alicyclic amines) is 2. The van der Waals surface area contributed by atoms with E-state index in [0.29, 0.717) is 108 Å². The Bertz CT molecular complexity index is 2710. The quantitative estimate of drug-likeness (QED) is 0.0688. The molecule has 24 heteroatoms. The number of hydrogen-bond acceptors (Lipinski definition) is 15. The van der Waals surface area contributed by atoms with Gasteiger partial charge in [-0.25, -0.2) is 28.7 Å². The van der Waals surface area contributed by atoms with Crippen molar-refractivity contribution in [2.24, 2.45) is 0 Å². The van der Waals surface area contributed by atoms with Crippen molar-refractivity contribution in [3.63, 3.8) is 0 Å². The summed E-state index contributed by atoms with van der Waals surface area (Å²) in [5, 5.41) is 6.64. The zero-order chi connectivity index (χ0) is 48.1. The predicted molar refractivity (Wildman–Crippen MR) is 252 cm³/mol.